The molecule has 2 N–H and O–H groups in total. The van der Waals surface area contributed by atoms with Gasteiger partial charge >= 0.3 is 0 Å². The van der Waals surface area contributed by atoms with Crippen molar-refractivity contribution in [3.8, 4) is 0 Å². The number of hydrogen-bond donors (Lipinski definition) is 1. The van der Waals surface area contributed by atoms with Crippen molar-refractivity contribution in [2.45, 2.75) is 5.37 Å². The van der Waals surface area contributed by atoms with E-state index in [2.05, 4.69) is 19.0 Å². The molecule has 54 valence electrons. The Bertz CT molecular complexity index is 96.2. The van der Waals surface area contributed by atoms with Gasteiger partial charge in [0.15, 0.2) is 0 Å². The Morgan fingerprint density at radius 1 is 1.67 bits per heavy atom. The van der Waals surface area contributed by atoms with Crippen LogP contribution in [0.25, 0.3) is 0 Å². The second-order valence-corrected chi connectivity index (χ2v) is 3.62. The summed E-state index contributed by atoms with van der Waals surface area (Å²) in [4.78, 5) is 2.19. The first kappa shape index (κ1) is 7.34. The van der Waals surface area contributed by atoms with Gasteiger partial charge in [-0.25, -0.2) is 5.01 Å². The summed E-state index contributed by atoms with van der Waals surface area (Å²) in [6.07, 6.45) is 0. The lowest BCUT2D eigenvalue weighted by Crippen LogP contribution is -2.34. The van der Waals surface area contributed by atoms with Crippen molar-refractivity contribution < 1.29 is 0 Å². The van der Waals surface area contributed by atoms with Gasteiger partial charge in [-0.3, -0.25) is 10.7 Å². The SMILES string of the molecule is CN(C)C1CN(N)CS1. The van der Waals surface area contributed by atoms with Gasteiger partial charge in [0.25, 0.3) is 0 Å². The Labute approximate surface area is 60.1 Å². The van der Waals surface area contributed by atoms with Gasteiger partial charge in [-0.1, -0.05) is 0 Å². The number of hydrogen-bond acceptors (Lipinski definition) is 4. The predicted molar refractivity (Wildman–Crippen MR) is 40.8 cm³/mol. The third-order valence-corrected chi connectivity index (χ3v) is 2.84. The largest absolute Gasteiger partial charge is 0.296 e. The van der Waals surface area contributed by atoms with Gasteiger partial charge in [0, 0.05) is 6.54 Å². The Morgan fingerprint density at radius 3 is 2.56 bits per heavy atom. The van der Waals surface area contributed by atoms with Crippen LogP contribution in [0.5, 0.6) is 0 Å². The fourth-order valence-corrected chi connectivity index (χ4v) is 1.86. The molecule has 9 heavy (non-hydrogen) atoms. The molecule has 0 amide bonds. The molecule has 3 nitrogen and oxygen atoms in total. The van der Waals surface area contributed by atoms with Crippen LogP contribution in [0.15, 0.2) is 0 Å². The quantitative estimate of drug-likeness (QED) is 0.519. The van der Waals surface area contributed by atoms with E-state index in [9.17, 15) is 0 Å². The molecular formula is C5H13N3S. The highest BCUT2D eigenvalue weighted by molar-refractivity contribution is 8.00. The monoisotopic (exact) mass is 147 g/mol. The maximum atomic E-state index is 5.55. The number of hydrazine groups is 1. The summed E-state index contributed by atoms with van der Waals surface area (Å²) in [5, 5.41) is 2.44. The maximum absolute atomic E-state index is 5.55. The Morgan fingerprint density at radius 2 is 2.33 bits per heavy atom. The maximum Gasteiger partial charge on any atom is 0.0709 e. The van der Waals surface area contributed by atoms with Gasteiger partial charge in [-0.2, -0.15) is 0 Å². The molecule has 0 saturated carbocycles. The predicted octanol–water partition coefficient (Wildman–Crippen LogP) is -0.246. The Hall–Kier alpha value is 0.230. The smallest absolute Gasteiger partial charge is 0.0709 e. The molecule has 1 saturated heterocycles. The van der Waals surface area contributed by atoms with E-state index in [1.807, 2.05) is 16.8 Å². The molecule has 1 aliphatic rings. The van der Waals surface area contributed by atoms with Crippen molar-refractivity contribution in [2.75, 3.05) is 26.5 Å². The average Bonchev–Trinajstić information content (AvgIpc) is 2.14. The zero-order chi connectivity index (χ0) is 6.85. The number of nitrogens with two attached hydrogens (primary N) is 1. The van der Waals surface area contributed by atoms with Crippen molar-refractivity contribution in [1.29, 1.82) is 0 Å². The minimum absolute atomic E-state index is 0.593. The van der Waals surface area contributed by atoms with Crippen LogP contribution in [0.1, 0.15) is 0 Å². The molecule has 0 spiro atoms. The average molecular weight is 147 g/mol. The van der Waals surface area contributed by atoms with E-state index < -0.39 is 0 Å². The van der Waals surface area contributed by atoms with Gasteiger partial charge in [-0.15, -0.1) is 11.8 Å². The van der Waals surface area contributed by atoms with Gasteiger partial charge in [0.05, 0.1) is 11.3 Å². The molecule has 1 heterocycles. The summed E-state index contributed by atoms with van der Waals surface area (Å²) >= 11 is 1.89. The van der Waals surface area contributed by atoms with E-state index in [4.69, 9.17) is 5.84 Å². The van der Waals surface area contributed by atoms with Crippen LogP contribution in [-0.2, 0) is 0 Å². The van der Waals surface area contributed by atoms with Crippen molar-refractivity contribution in [3.63, 3.8) is 0 Å². The van der Waals surface area contributed by atoms with Crippen LogP contribution in [-0.4, -0.2) is 41.8 Å². The number of thioether (sulfide) groups is 1. The topological polar surface area (TPSA) is 32.5 Å². The van der Waals surface area contributed by atoms with E-state index in [-0.39, 0.29) is 0 Å². The fraction of sp³-hybridized carbons (Fsp3) is 1.00. The van der Waals surface area contributed by atoms with Crippen molar-refractivity contribution in [2.24, 2.45) is 5.84 Å². The molecule has 0 aromatic carbocycles. The molecule has 1 atom stereocenters. The molecule has 1 unspecified atom stereocenters. The molecule has 0 bridgehead atoms. The molecule has 1 fully saturated rings. The molecule has 1 rings (SSSR count). The third-order valence-electron chi connectivity index (χ3n) is 1.40. The van der Waals surface area contributed by atoms with Crippen LogP contribution < -0.4 is 5.84 Å². The van der Waals surface area contributed by atoms with Crippen LogP contribution in [0.4, 0.5) is 0 Å². The first-order valence-corrected chi connectivity index (χ1v) is 4.02. The molecule has 4 heteroatoms. The first-order chi connectivity index (χ1) is 4.20. The summed E-state index contributed by atoms with van der Waals surface area (Å²) in [5.74, 6) is 6.51. The first-order valence-electron chi connectivity index (χ1n) is 2.98. The van der Waals surface area contributed by atoms with E-state index in [0.717, 1.165) is 12.4 Å². The lowest BCUT2D eigenvalue weighted by Gasteiger charge is -2.16. The minimum atomic E-state index is 0.593. The van der Waals surface area contributed by atoms with Crippen LogP contribution >= 0.6 is 11.8 Å². The lowest BCUT2D eigenvalue weighted by molar-refractivity contribution is 0.285. The molecule has 1 aliphatic heterocycles. The number of rotatable bonds is 1. The molecule has 0 radical (unpaired) electrons. The third kappa shape index (κ3) is 1.82. The van der Waals surface area contributed by atoms with Gasteiger partial charge in [0.1, 0.15) is 0 Å². The summed E-state index contributed by atoms with van der Waals surface area (Å²) in [6.45, 7) is 0.984. The summed E-state index contributed by atoms with van der Waals surface area (Å²) in [7, 11) is 4.16. The van der Waals surface area contributed by atoms with Gasteiger partial charge in [0.2, 0.25) is 0 Å². The fourth-order valence-electron chi connectivity index (χ4n) is 0.800. The summed E-state index contributed by atoms with van der Waals surface area (Å²) < 4.78 is 0. The standard InChI is InChI=1S/C5H13N3S/c1-7(2)5-3-8(6)4-9-5/h5H,3-4,6H2,1-2H3. The molecule has 0 aromatic heterocycles. The Balaban J connectivity index is 2.30. The van der Waals surface area contributed by atoms with Crippen LogP contribution in [0.3, 0.4) is 0 Å². The molecule has 0 aliphatic carbocycles. The number of nitrogens with zero attached hydrogens (tertiary/aromatic N) is 2. The normalized spacial score (nSPS) is 30.0. The van der Waals surface area contributed by atoms with Crippen LogP contribution in [0.2, 0.25) is 0 Å². The minimum Gasteiger partial charge on any atom is -0.296 e. The van der Waals surface area contributed by atoms with E-state index in [0.29, 0.717) is 5.37 Å². The van der Waals surface area contributed by atoms with Crippen molar-refractivity contribution in [3.05, 3.63) is 0 Å². The van der Waals surface area contributed by atoms with Crippen LogP contribution in [0, 0.1) is 0 Å². The molecule has 0 aromatic rings. The Kier molecular flexibility index (Phi) is 2.35. The highest BCUT2D eigenvalue weighted by Gasteiger charge is 2.21. The lowest BCUT2D eigenvalue weighted by atomic mass is 10.6. The highest BCUT2D eigenvalue weighted by Crippen LogP contribution is 2.20. The number of likely N-dealkylation sites (N-methyl/N-ethyl adjacent to an activating group) is 1. The second kappa shape index (κ2) is 2.88. The zero-order valence-corrected chi connectivity index (χ0v) is 6.69. The van der Waals surface area contributed by atoms with E-state index >= 15 is 0 Å². The van der Waals surface area contributed by atoms with Crippen molar-refractivity contribution >= 4 is 11.8 Å². The van der Waals surface area contributed by atoms with E-state index in [1.54, 1.807) is 0 Å². The highest BCUT2D eigenvalue weighted by atomic mass is 32.2. The van der Waals surface area contributed by atoms with E-state index in [1.165, 1.54) is 0 Å². The zero-order valence-electron chi connectivity index (χ0n) is 5.87. The molecular weight excluding hydrogens is 134 g/mol. The van der Waals surface area contributed by atoms with Crippen molar-refractivity contribution in [1.82, 2.24) is 9.91 Å². The summed E-state index contributed by atoms with van der Waals surface area (Å²) in [5.41, 5.74) is 0. The van der Waals surface area contributed by atoms with Gasteiger partial charge < -0.3 is 0 Å². The summed E-state index contributed by atoms with van der Waals surface area (Å²) in [6, 6.07) is 0. The second-order valence-electron chi connectivity index (χ2n) is 2.49. The van der Waals surface area contributed by atoms with Gasteiger partial charge in [-0.05, 0) is 14.1 Å².